The Labute approximate surface area is 203 Å². The number of rotatable bonds is 5. The first kappa shape index (κ1) is 23.3. The summed E-state index contributed by atoms with van der Waals surface area (Å²) >= 11 is 0. The third-order valence-electron chi connectivity index (χ3n) is 5.85. The van der Waals surface area contributed by atoms with Gasteiger partial charge < -0.3 is 14.5 Å². The van der Waals surface area contributed by atoms with Gasteiger partial charge in [0.25, 0.3) is 5.91 Å². The summed E-state index contributed by atoms with van der Waals surface area (Å²) in [6.07, 6.45) is -0.0349. The van der Waals surface area contributed by atoms with Crippen LogP contribution in [0.25, 0.3) is 22.6 Å². The van der Waals surface area contributed by atoms with E-state index in [0.29, 0.717) is 46.3 Å². The number of aromatic nitrogens is 1. The van der Waals surface area contributed by atoms with E-state index >= 15 is 0 Å². The van der Waals surface area contributed by atoms with Gasteiger partial charge in [0, 0.05) is 5.39 Å². The van der Waals surface area contributed by atoms with Crippen LogP contribution in [0.15, 0.2) is 71.3 Å². The molecule has 1 aliphatic rings. The van der Waals surface area contributed by atoms with Gasteiger partial charge in [-0.05, 0) is 60.4 Å². The van der Waals surface area contributed by atoms with Crippen LogP contribution in [-0.4, -0.2) is 23.5 Å². The number of amides is 1. The van der Waals surface area contributed by atoms with Crippen molar-refractivity contribution in [1.82, 2.24) is 4.98 Å². The Morgan fingerprint density at radius 1 is 1.03 bits per heavy atom. The molecule has 0 atom stereocenters. The molecule has 9 heteroatoms. The predicted octanol–water partition coefficient (Wildman–Crippen LogP) is 6.13. The number of fused-ring (bicyclic) bond motifs is 2. The first-order valence-electron chi connectivity index (χ1n) is 11.1. The zero-order valence-corrected chi connectivity index (χ0v) is 18.8. The summed E-state index contributed by atoms with van der Waals surface area (Å²) in [5.74, 6) is -0.968. The Bertz CT molecular complexity index is 1490. The number of anilines is 1. The maximum Gasteiger partial charge on any atom is 0.418 e. The van der Waals surface area contributed by atoms with Gasteiger partial charge in [-0.1, -0.05) is 30.3 Å². The van der Waals surface area contributed by atoms with Crippen LogP contribution in [0.3, 0.4) is 0 Å². The molecule has 182 valence electrons. The molecular weight excluding hydrogens is 473 g/mol. The quantitative estimate of drug-likeness (QED) is 0.339. The number of esters is 1. The lowest BCUT2D eigenvalue weighted by Crippen LogP contribution is -2.23. The minimum atomic E-state index is -4.64. The molecule has 0 unspecified atom stereocenters. The summed E-state index contributed by atoms with van der Waals surface area (Å²) in [6.45, 7) is -0.745. The van der Waals surface area contributed by atoms with Gasteiger partial charge in [0.1, 0.15) is 5.76 Å². The van der Waals surface area contributed by atoms with Crippen LogP contribution in [-0.2, 0) is 22.1 Å². The summed E-state index contributed by atoms with van der Waals surface area (Å²) in [6, 6.07) is 15.3. The number of benzene rings is 2. The summed E-state index contributed by atoms with van der Waals surface area (Å²) in [7, 11) is 0. The summed E-state index contributed by atoms with van der Waals surface area (Å²) in [5.41, 5.74) is 1.73. The fourth-order valence-corrected chi connectivity index (χ4v) is 4.29. The molecule has 1 amide bonds. The predicted molar refractivity (Wildman–Crippen MR) is 127 cm³/mol. The van der Waals surface area contributed by atoms with Crippen molar-refractivity contribution in [3.63, 3.8) is 0 Å². The summed E-state index contributed by atoms with van der Waals surface area (Å²) in [5, 5.41) is 2.75. The molecule has 0 aliphatic heterocycles. The minimum Gasteiger partial charge on any atom is -0.465 e. The van der Waals surface area contributed by atoms with Crippen LogP contribution in [0.2, 0.25) is 0 Å². The van der Waals surface area contributed by atoms with E-state index in [1.54, 1.807) is 36.6 Å². The molecule has 0 spiro atoms. The second-order valence-electron chi connectivity index (χ2n) is 8.18. The van der Waals surface area contributed by atoms with Gasteiger partial charge in [-0.2, -0.15) is 13.2 Å². The number of furan rings is 1. The summed E-state index contributed by atoms with van der Waals surface area (Å²) < 4.78 is 50.3. The number of hydrogen-bond donors (Lipinski definition) is 1. The molecule has 1 N–H and O–H groups in total. The van der Waals surface area contributed by atoms with Crippen molar-refractivity contribution in [2.45, 2.75) is 19.0 Å². The highest BCUT2D eigenvalue weighted by molar-refractivity contribution is 6.08. The number of ether oxygens (including phenoxy) is 1. The van der Waals surface area contributed by atoms with Crippen molar-refractivity contribution in [3.05, 3.63) is 95.1 Å². The molecule has 0 bridgehead atoms. The maximum atomic E-state index is 13.2. The molecule has 0 saturated carbocycles. The molecule has 4 aromatic rings. The molecular formula is C27H19F3N2O4. The van der Waals surface area contributed by atoms with Gasteiger partial charge in [-0.3, -0.25) is 4.79 Å². The highest BCUT2D eigenvalue weighted by atomic mass is 19.4. The van der Waals surface area contributed by atoms with Gasteiger partial charge in [0.15, 0.2) is 6.61 Å². The van der Waals surface area contributed by atoms with E-state index in [2.05, 4.69) is 5.32 Å². The van der Waals surface area contributed by atoms with Crippen molar-refractivity contribution < 1.29 is 31.9 Å². The molecule has 2 aromatic heterocycles. The number of para-hydroxylation sites is 2. The molecule has 36 heavy (non-hydrogen) atoms. The monoisotopic (exact) mass is 492 g/mol. The number of carbonyl (C=O) groups is 2. The number of pyridine rings is 1. The molecule has 0 saturated heterocycles. The average molecular weight is 492 g/mol. The van der Waals surface area contributed by atoms with Gasteiger partial charge in [-0.25, -0.2) is 9.78 Å². The molecule has 0 fully saturated rings. The number of halogens is 3. The Balaban J connectivity index is 1.41. The SMILES string of the molecule is O=C(COC(=O)c1c2c(nc3ccccc13)C(=Cc1ccco1)CC2)Nc1ccccc1C(F)(F)F. The van der Waals surface area contributed by atoms with E-state index < -0.39 is 35.9 Å². The zero-order chi connectivity index (χ0) is 25.3. The molecule has 1 aliphatic carbocycles. The molecule has 2 aromatic carbocycles. The van der Waals surface area contributed by atoms with Crippen molar-refractivity contribution in [1.29, 1.82) is 0 Å². The smallest absolute Gasteiger partial charge is 0.418 e. The fourth-order valence-electron chi connectivity index (χ4n) is 4.29. The van der Waals surface area contributed by atoms with Gasteiger partial charge in [-0.15, -0.1) is 0 Å². The first-order valence-corrected chi connectivity index (χ1v) is 11.1. The van der Waals surface area contributed by atoms with Gasteiger partial charge >= 0.3 is 12.1 Å². The Kier molecular flexibility index (Phi) is 6.05. The Hall–Kier alpha value is -4.40. The molecule has 6 nitrogen and oxygen atoms in total. The van der Waals surface area contributed by atoms with E-state index in [0.717, 1.165) is 17.7 Å². The summed E-state index contributed by atoms with van der Waals surface area (Å²) in [4.78, 5) is 30.3. The van der Waals surface area contributed by atoms with Crippen LogP contribution in [0, 0.1) is 0 Å². The van der Waals surface area contributed by atoms with Crippen LogP contribution in [0.4, 0.5) is 18.9 Å². The number of nitrogens with one attached hydrogen (secondary N) is 1. The largest absolute Gasteiger partial charge is 0.465 e. The number of alkyl halides is 3. The zero-order valence-electron chi connectivity index (χ0n) is 18.8. The van der Waals surface area contributed by atoms with Crippen molar-refractivity contribution in [3.8, 4) is 0 Å². The third kappa shape index (κ3) is 4.59. The van der Waals surface area contributed by atoms with Crippen molar-refractivity contribution in [2.75, 3.05) is 11.9 Å². The Morgan fingerprint density at radius 2 is 1.81 bits per heavy atom. The normalized spacial score (nSPS) is 14.1. The number of carbonyl (C=O) groups excluding carboxylic acids is 2. The topological polar surface area (TPSA) is 81.4 Å². The highest BCUT2D eigenvalue weighted by Gasteiger charge is 2.34. The first-order chi connectivity index (χ1) is 17.3. The molecule has 2 heterocycles. The van der Waals surface area contributed by atoms with E-state index in [1.807, 2.05) is 12.1 Å². The van der Waals surface area contributed by atoms with E-state index in [-0.39, 0.29) is 0 Å². The standard InChI is InChI=1S/C27H19F3N2O4/c28-27(29,30)20-8-2-4-10-22(20)31-23(33)15-36-26(34)24-18-7-1-3-9-21(18)32-25-16(11-12-19(24)25)14-17-6-5-13-35-17/h1-10,13-14H,11-12,15H2,(H,31,33). The number of nitrogens with zero attached hydrogens (tertiary/aromatic N) is 1. The van der Waals surface area contributed by atoms with E-state index in [9.17, 15) is 22.8 Å². The Morgan fingerprint density at radius 3 is 2.58 bits per heavy atom. The van der Waals surface area contributed by atoms with E-state index in [1.165, 1.54) is 12.1 Å². The van der Waals surface area contributed by atoms with Gasteiger partial charge in [0.05, 0.1) is 34.3 Å². The number of allylic oxidation sites excluding steroid dienone is 1. The highest BCUT2D eigenvalue weighted by Crippen LogP contribution is 2.38. The lowest BCUT2D eigenvalue weighted by atomic mass is 10.0. The van der Waals surface area contributed by atoms with Crippen molar-refractivity contribution in [2.24, 2.45) is 0 Å². The minimum absolute atomic E-state index is 0.293. The lowest BCUT2D eigenvalue weighted by molar-refractivity contribution is -0.137. The molecule has 5 rings (SSSR count). The fraction of sp³-hybridized carbons (Fsp3) is 0.148. The van der Waals surface area contributed by atoms with Crippen LogP contribution < -0.4 is 5.32 Å². The van der Waals surface area contributed by atoms with Crippen LogP contribution in [0.5, 0.6) is 0 Å². The number of hydrogen-bond acceptors (Lipinski definition) is 5. The van der Waals surface area contributed by atoms with Crippen LogP contribution >= 0.6 is 0 Å². The van der Waals surface area contributed by atoms with Gasteiger partial charge in [0.2, 0.25) is 0 Å². The maximum absolute atomic E-state index is 13.2. The van der Waals surface area contributed by atoms with E-state index in [4.69, 9.17) is 14.1 Å². The molecule has 0 radical (unpaired) electrons. The van der Waals surface area contributed by atoms with Crippen LogP contribution in [0.1, 0.15) is 39.4 Å². The lowest BCUT2D eigenvalue weighted by Gasteiger charge is -2.14. The van der Waals surface area contributed by atoms with Crippen molar-refractivity contribution >= 4 is 40.1 Å². The second-order valence-corrected chi connectivity index (χ2v) is 8.18. The second kappa shape index (κ2) is 9.33. The third-order valence-corrected chi connectivity index (χ3v) is 5.85. The average Bonchev–Trinajstić information content (AvgIpc) is 3.51.